The number of halogens is 4. The molecule has 5 atom stereocenters. The quantitative estimate of drug-likeness (QED) is 0.150. The van der Waals surface area contributed by atoms with E-state index in [9.17, 15) is 20.0 Å². The highest BCUT2D eigenvalue weighted by atomic mass is 79.9. The molecule has 1 N–H and O–H groups in total. The largest absolute Gasteiger partial charge is 0.465 e. The van der Waals surface area contributed by atoms with E-state index < -0.39 is 40.5 Å². The van der Waals surface area contributed by atoms with E-state index in [0.29, 0.717) is 32.3 Å². The Labute approximate surface area is 283 Å². The molecule has 0 unspecified atom stereocenters. The van der Waals surface area contributed by atoms with Crippen LogP contribution in [0.25, 0.3) is 0 Å². The van der Waals surface area contributed by atoms with Crippen LogP contribution >= 0.6 is 55.1 Å². The zero-order valence-electron chi connectivity index (χ0n) is 23.5. The molecule has 0 aliphatic heterocycles. The average Bonchev–Trinajstić information content (AvgIpc) is 3.02. The van der Waals surface area contributed by atoms with Crippen LogP contribution in [0, 0.1) is 22.7 Å². The molecule has 5 rings (SSSR count). The van der Waals surface area contributed by atoms with Crippen molar-refractivity contribution in [3.8, 4) is 6.07 Å². The predicted octanol–water partition coefficient (Wildman–Crippen LogP) is 9.25. The first-order valence-electron chi connectivity index (χ1n) is 13.9. The highest BCUT2D eigenvalue weighted by molar-refractivity contribution is 9.10. The Hall–Kier alpha value is -2.99. The Kier molecular flexibility index (Phi) is 9.69. The average molecular weight is 756 g/mol. The Balaban J connectivity index is 1.89. The number of nitrogens with zero attached hydrogens (tertiary/aromatic N) is 1. The molecule has 0 radical (unpaired) electrons. The van der Waals surface area contributed by atoms with Crippen LogP contribution in [-0.2, 0) is 15.1 Å². The smallest absolute Gasteiger partial charge is 0.327 e. The molecule has 0 heterocycles. The second-order valence-corrected chi connectivity index (χ2v) is 13.5. The lowest BCUT2D eigenvalue weighted by Crippen LogP contribution is -2.59. The Bertz CT molecular complexity index is 1710. The van der Waals surface area contributed by atoms with Gasteiger partial charge in [-0.05, 0) is 78.6 Å². The minimum absolute atomic E-state index is 0.0191. The summed E-state index contributed by atoms with van der Waals surface area (Å²) >= 11 is 19.4. The summed E-state index contributed by atoms with van der Waals surface area (Å²) in [6.07, 6.45) is -0.125. The molecule has 0 spiro atoms. The van der Waals surface area contributed by atoms with Gasteiger partial charge in [-0.3, -0.25) is 9.59 Å². The molecule has 0 aromatic heterocycles. The molecule has 0 bridgehead atoms. The van der Waals surface area contributed by atoms with Gasteiger partial charge < -0.3 is 9.84 Å². The van der Waals surface area contributed by atoms with E-state index in [1.807, 2.05) is 0 Å². The number of nitriles is 1. The number of hydrogen-bond donors (Lipinski definition) is 1. The third-order valence-corrected chi connectivity index (χ3v) is 10.0. The van der Waals surface area contributed by atoms with Crippen LogP contribution in [0.4, 0.5) is 0 Å². The summed E-state index contributed by atoms with van der Waals surface area (Å²) in [5.41, 5.74) is -1.85. The Morgan fingerprint density at radius 2 is 1.36 bits per heavy atom. The van der Waals surface area contributed by atoms with Gasteiger partial charge in [0.25, 0.3) is 0 Å². The second-order valence-electron chi connectivity index (χ2n) is 10.8. The van der Waals surface area contributed by atoms with Gasteiger partial charge in [-0.1, -0.05) is 104 Å². The van der Waals surface area contributed by atoms with Gasteiger partial charge in [0.15, 0.2) is 11.2 Å². The molecule has 1 saturated carbocycles. The van der Waals surface area contributed by atoms with Gasteiger partial charge in [0, 0.05) is 36.4 Å². The second kappa shape index (κ2) is 13.2. The maximum Gasteiger partial charge on any atom is 0.327 e. The van der Waals surface area contributed by atoms with E-state index in [1.54, 1.807) is 104 Å². The van der Waals surface area contributed by atoms with E-state index >= 15 is 0 Å². The number of hydrogen-bond acceptors (Lipinski definition) is 5. The number of Topliss-reactive ketones (excluding diaryl/α,β-unsaturated/α-hetero) is 1. The number of esters is 1. The molecule has 44 heavy (non-hydrogen) atoms. The molecule has 224 valence electrons. The lowest BCUT2D eigenvalue weighted by Gasteiger charge is -2.54. The van der Waals surface area contributed by atoms with Crippen molar-refractivity contribution in [3.63, 3.8) is 0 Å². The summed E-state index contributed by atoms with van der Waals surface area (Å²) < 4.78 is 7.21. The zero-order valence-corrected chi connectivity index (χ0v) is 28.2. The van der Waals surface area contributed by atoms with Crippen LogP contribution in [0.5, 0.6) is 0 Å². The maximum atomic E-state index is 14.8. The topological polar surface area (TPSA) is 87.4 Å². The van der Waals surface area contributed by atoms with Crippen LogP contribution in [0.2, 0.25) is 10.0 Å². The molecule has 4 aromatic rings. The van der Waals surface area contributed by atoms with Crippen LogP contribution in [0.15, 0.2) is 106 Å². The van der Waals surface area contributed by atoms with Crippen LogP contribution < -0.4 is 0 Å². The molecular weight excluding hydrogens is 729 g/mol. The molecule has 1 aliphatic carbocycles. The fourth-order valence-corrected chi connectivity index (χ4v) is 7.25. The highest BCUT2D eigenvalue weighted by Crippen LogP contribution is 2.64. The third kappa shape index (κ3) is 5.87. The van der Waals surface area contributed by atoms with Crippen molar-refractivity contribution in [1.29, 1.82) is 5.26 Å². The summed E-state index contributed by atoms with van der Waals surface area (Å²) in [5, 5.41) is 25.1. The molecule has 0 amide bonds. The van der Waals surface area contributed by atoms with Gasteiger partial charge in [0.05, 0.1) is 18.6 Å². The summed E-state index contributed by atoms with van der Waals surface area (Å²) in [6.45, 7) is 1.69. The van der Waals surface area contributed by atoms with Gasteiger partial charge >= 0.3 is 5.97 Å². The van der Waals surface area contributed by atoms with Crippen molar-refractivity contribution in [2.45, 2.75) is 30.8 Å². The normalized spacial score (nSPS) is 24.7. The zero-order chi connectivity index (χ0) is 31.6. The predicted molar refractivity (Wildman–Crippen MR) is 178 cm³/mol. The molecule has 1 aliphatic rings. The molecule has 9 heteroatoms. The Morgan fingerprint density at radius 1 is 0.864 bits per heavy atom. The number of benzene rings is 4. The molecule has 1 fully saturated rings. The number of rotatable bonds is 7. The number of carbonyl (C=O) groups excluding carboxylic acids is 2. The summed E-state index contributed by atoms with van der Waals surface area (Å²) in [5.74, 6) is -4.51. The Morgan fingerprint density at radius 3 is 1.86 bits per heavy atom. The van der Waals surface area contributed by atoms with Crippen molar-refractivity contribution in [3.05, 3.63) is 138 Å². The number of carbonyl (C=O) groups is 2. The minimum Gasteiger partial charge on any atom is -0.465 e. The summed E-state index contributed by atoms with van der Waals surface area (Å²) in [6, 6.07) is 29.8. The van der Waals surface area contributed by atoms with Crippen LogP contribution in [-0.4, -0.2) is 23.5 Å². The minimum atomic E-state index is -1.92. The molecule has 0 saturated heterocycles. The highest BCUT2D eigenvalue weighted by Gasteiger charge is 2.67. The molecular formula is C35H27Br2Cl2NO4. The summed E-state index contributed by atoms with van der Waals surface area (Å²) in [7, 11) is 0. The number of ether oxygens (including phenoxy) is 1. The van der Waals surface area contributed by atoms with Gasteiger partial charge in [-0.15, -0.1) is 0 Å². The van der Waals surface area contributed by atoms with Crippen LogP contribution in [0.1, 0.15) is 52.2 Å². The van der Waals surface area contributed by atoms with Gasteiger partial charge in [0.2, 0.25) is 0 Å². The lowest BCUT2D eigenvalue weighted by molar-refractivity contribution is -0.164. The van der Waals surface area contributed by atoms with Gasteiger partial charge in [0.1, 0.15) is 5.60 Å². The monoisotopic (exact) mass is 753 g/mol. The fourth-order valence-electron chi connectivity index (χ4n) is 6.47. The van der Waals surface area contributed by atoms with Crippen molar-refractivity contribution < 1.29 is 19.4 Å². The first-order valence-corrected chi connectivity index (χ1v) is 16.3. The number of ketones is 1. The van der Waals surface area contributed by atoms with E-state index in [1.165, 1.54) is 0 Å². The lowest BCUT2D eigenvalue weighted by atomic mass is 9.47. The van der Waals surface area contributed by atoms with E-state index in [-0.39, 0.29) is 13.0 Å². The van der Waals surface area contributed by atoms with Crippen molar-refractivity contribution in [2.75, 3.05) is 6.61 Å². The van der Waals surface area contributed by atoms with Crippen LogP contribution in [0.3, 0.4) is 0 Å². The molecule has 5 nitrogen and oxygen atoms in total. The van der Waals surface area contributed by atoms with E-state index in [2.05, 4.69) is 37.9 Å². The third-order valence-electron chi connectivity index (χ3n) is 8.46. The van der Waals surface area contributed by atoms with Crippen molar-refractivity contribution in [1.82, 2.24) is 0 Å². The molecule has 4 aromatic carbocycles. The maximum absolute atomic E-state index is 14.8. The first-order chi connectivity index (χ1) is 21.0. The standard InChI is InChI=1S/C35H27Br2Cl2NO4/c1-2-44-33(42)34(20-40)29(21-5-15-27(38)16-6-21)19-35(43,24-9-13-26(37)14-10-24)31(30(34)22-7-17-28(39)18-8-22)32(41)23-3-11-25(36)12-4-23/h3-18,29-31,43H,2,19H2,1H3/t29-,30-,31+,34+,35-/m0/s1. The van der Waals surface area contributed by atoms with E-state index in [0.717, 1.165) is 8.95 Å². The van der Waals surface area contributed by atoms with Gasteiger partial charge in [-0.2, -0.15) is 5.26 Å². The van der Waals surface area contributed by atoms with Gasteiger partial charge in [-0.25, -0.2) is 0 Å². The van der Waals surface area contributed by atoms with Crippen molar-refractivity contribution >= 4 is 66.8 Å². The van der Waals surface area contributed by atoms with E-state index in [4.69, 9.17) is 27.9 Å². The SMILES string of the molecule is CCOC(=O)[C@]1(C#N)[C@H](c2ccc(Cl)cc2)C[C@](O)(c2ccc(Br)cc2)[C@@H](C(=O)c2ccc(Br)cc2)[C@@H]1c1ccc(Cl)cc1. The first kappa shape index (κ1) is 32.4. The summed E-state index contributed by atoms with van der Waals surface area (Å²) in [4.78, 5) is 29.1. The fraction of sp³-hybridized carbons (Fsp3) is 0.229. The van der Waals surface area contributed by atoms with Crippen molar-refractivity contribution in [2.24, 2.45) is 11.3 Å². The number of aliphatic hydroxyl groups is 1.